The van der Waals surface area contributed by atoms with Gasteiger partial charge in [-0.1, -0.05) is 6.07 Å². The van der Waals surface area contributed by atoms with E-state index in [1.165, 1.54) is 25.7 Å². The van der Waals surface area contributed by atoms with Crippen LogP contribution in [0.4, 0.5) is 5.82 Å². The average Bonchev–Trinajstić information content (AvgIpc) is 3.23. The van der Waals surface area contributed by atoms with Crippen molar-refractivity contribution in [2.75, 3.05) is 18.0 Å². The molecule has 2 saturated carbocycles. The molecule has 3 heteroatoms. The van der Waals surface area contributed by atoms with Gasteiger partial charge in [0.25, 0.3) is 0 Å². The summed E-state index contributed by atoms with van der Waals surface area (Å²) in [5, 5.41) is 9.89. The van der Waals surface area contributed by atoms with Crippen molar-refractivity contribution in [3.05, 3.63) is 23.9 Å². The summed E-state index contributed by atoms with van der Waals surface area (Å²) in [6.07, 6.45) is 6.84. The second-order valence-corrected chi connectivity index (χ2v) is 5.88. The van der Waals surface area contributed by atoms with Crippen molar-refractivity contribution in [1.29, 1.82) is 0 Å². The van der Waals surface area contributed by atoms with Gasteiger partial charge in [-0.15, -0.1) is 0 Å². The highest BCUT2D eigenvalue weighted by Crippen LogP contribution is 2.36. The van der Waals surface area contributed by atoms with Crippen molar-refractivity contribution in [3.63, 3.8) is 0 Å². The van der Waals surface area contributed by atoms with Gasteiger partial charge < -0.3 is 10.0 Å². The van der Waals surface area contributed by atoms with E-state index in [1.54, 1.807) is 0 Å². The lowest BCUT2D eigenvalue weighted by molar-refractivity contribution is 0.199. The van der Waals surface area contributed by atoms with Gasteiger partial charge in [0.2, 0.25) is 0 Å². The van der Waals surface area contributed by atoms with Gasteiger partial charge in [-0.05, 0) is 50.5 Å². The molecule has 0 aromatic carbocycles. The fourth-order valence-corrected chi connectivity index (χ4v) is 2.47. The lowest BCUT2D eigenvalue weighted by atomic mass is 10.1. The van der Waals surface area contributed by atoms with Gasteiger partial charge in [-0.3, -0.25) is 0 Å². The van der Waals surface area contributed by atoms with E-state index in [0.717, 1.165) is 36.3 Å². The highest BCUT2D eigenvalue weighted by atomic mass is 16.3. The summed E-state index contributed by atoms with van der Waals surface area (Å²) < 4.78 is 0. The van der Waals surface area contributed by atoms with Crippen LogP contribution in [0.15, 0.2) is 18.3 Å². The van der Waals surface area contributed by atoms with E-state index in [2.05, 4.69) is 9.88 Å². The molecule has 0 aliphatic heterocycles. The molecule has 0 saturated heterocycles. The van der Waals surface area contributed by atoms with Crippen LogP contribution >= 0.6 is 0 Å². The first-order valence-corrected chi connectivity index (χ1v) is 7.12. The smallest absolute Gasteiger partial charge is 0.134 e. The Balaban J connectivity index is 1.82. The van der Waals surface area contributed by atoms with Gasteiger partial charge in [0.15, 0.2) is 0 Å². The molecule has 2 fully saturated rings. The molecule has 1 aromatic rings. The molecule has 3 rings (SSSR count). The molecule has 18 heavy (non-hydrogen) atoms. The van der Waals surface area contributed by atoms with Crippen LogP contribution in [0.2, 0.25) is 0 Å². The van der Waals surface area contributed by atoms with Crippen LogP contribution in [-0.4, -0.2) is 23.2 Å². The van der Waals surface area contributed by atoms with E-state index in [0.29, 0.717) is 0 Å². The molecule has 1 atom stereocenters. The zero-order valence-electron chi connectivity index (χ0n) is 11.0. The summed E-state index contributed by atoms with van der Waals surface area (Å²) in [4.78, 5) is 6.94. The van der Waals surface area contributed by atoms with E-state index in [4.69, 9.17) is 0 Å². The first-order valence-electron chi connectivity index (χ1n) is 7.12. The predicted octanol–water partition coefficient (Wildman–Crippen LogP) is 2.76. The minimum absolute atomic E-state index is 0.436. The van der Waals surface area contributed by atoms with Crippen LogP contribution in [-0.2, 0) is 0 Å². The number of anilines is 1. The van der Waals surface area contributed by atoms with E-state index in [-0.39, 0.29) is 0 Å². The third kappa shape index (κ3) is 2.83. The fourth-order valence-electron chi connectivity index (χ4n) is 2.47. The molecule has 0 bridgehead atoms. The SMILES string of the molecule is C[C@@H](O)c1cccnc1N(CC1CC1)CC1CC1. The molecule has 0 unspecified atom stereocenters. The molecule has 98 valence electrons. The first kappa shape index (κ1) is 12.0. The summed E-state index contributed by atoms with van der Waals surface area (Å²) in [5.41, 5.74) is 0.971. The Kier molecular flexibility index (Phi) is 3.25. The van der Waals surface area contributed by atoms with Gasteiger partial charge in [0.1, 0.15) is 5.82 Å². The molecule has 0 amide bonds. The fraction of sp³-hybridized carbons (Fsp3) is 0.667. The number of pyridine rings is 1. The van der Waals surface area contributed by atoms with Crippen molar-refractivity contribution >= 4 is 5.82 Å². The molecule has 0 spiro atoms. The maximum Gasteiger partial charge on any atom is 0.134 e. The number of aliphatic hydroxyl groups is 1. The van der Waals surface area contributed by atoms with Crippen molar-refractivity contribution in [3.8, 4) is 0 Å². The maximum atomic E-state index is 9.89. The van der Waals surface area contributed by atoms with Gasteiger partial charge >= 0.3 is 0 Å². The minimum atomic E-state index is -0.436. The molecular weight excluding hydrogens is 224 g/mol. The number of aromatic nitrogens is 1. The summed E-state index contributed by atoms with van der Waals surface area (Å²) >= 11 is 0. The van der Waals surface area contributed by atoms with Crippen LogP contribution < -0.4 is 4.90 Å². The molecular formula is C15H22N2O. The Labute approximate surface area is 109 Å². The Hall–Kier alpha value is -1.09. The monoisotopic (exact) mass is 246 g/mol. The largest absolute Gasteiger partial charge is 0.389 e. The second kappa shape index (κ2) is 4.88. The van der Waals surface area contributed by atoms with Crippen LogP contribution in [0.3, 0.4) is 0 Å². The van der Waals surface area contributed by atoms with Crippen molar-refractivity contribution < 1.29 is 5.11 Å². The van der Waals surface area contributed by atoms with Crippen LogP contribution in [0, 0.1) is 11.8 Å². The summed E-state index contributed by atoms with van der Waals surface area (Å²) in [7, 11) is 0. The lowest BCUT2D eigenvalue weighted by Crippen LogP contribution is -2.30. The Bertz CT molecular complexity index is 397. The summed E-state index contributed by atoms with van der Waals surface area (Å²) in [5.74, 6) is 2.71. The quantitative estimate of drug-likeness (QED) is 0.838. The first-order chi connectivity index (χ1) is 8.74. The van der Waals surface area contributed by atoms with Crippen LogP contribution in [0.25, 0.3) is 0 Å². The second-order valence-electron chi connectivity index (χ2n) is 5.88. The summed E-state index contributed by atoms with van der Waals surface area (Å²) in [6.45, 7) is 4.06. The molecule has 1 N–H and O–H groups in total. The average molecular weight is 246 g/mol. The van der Waals surface area contributed by atoms with Crippen LogP contribution in [0.5, 0.6) is 0 Å². The molecule has 1 aromatic heterocycles. The van der Waals surface area contributed by atoms with Gasteiger partial charge in [-0.25, -0.2) is 4.98 Å². The van der Waals surface area contributed by atoms with Crippen molar-refractivity contribution in [2.24, 2.45) is 11.8 Å². The number of hydrogen-bond acceptors (Lipinski definition) is 3. The van der Waals surface area contributed by atoms with E-state index < -0.39 is 6.10 Å². The van der Waals surface area contributed by atoms with E-state index in [1.807, 2.05) is 25.3 Å². The van der Waals surface area contributed by atoms with E-state index in [9.17, 15) is 5.11 Å². The number of hydrogen-bond donors (Lipinski definition) is 1. The van der Waals surface area contributed by atoms with Crippen molar-refractivity contribution in [1.82, 2.24) is 4.98 Å². The topological polar surface area (TPSA) is 36.4 Å². The third-order valence-corrected chi connectivity index (χ3v) is 3.92. The minimum Gasteiger partial charge on any atom is -0.389 e. The summed E-state index contributed by atoms with van der Waals surface area (Å²) in [6, 6.07) is 3.91. The number of aliphatic hydroxyl groups excluding tert-OH is 1. The van der Waals surface area contributed by atoms with Gasteiger partial charge in [0.05, 0.1) is 6.10 Å². The molecule has 3 nitrogen and oxygen atoms in total. The molecule has 1 heterocycles. The highest BCUT2D eigenvalue weighted by Gasteiger charge is 2.30. The van der Waals surface area contributed by atoms with Gasteiger partial charge in [0, 0.05) is 24.8 Å². The Morgan fingerprint density at radius 1 is 1.28 bits per heavy atom. The zero-order valence-corrected chi connectivity index (χ0v) is 11.0. The molecule has 2 aliphatic carbocycles. The Morgan fingerprint density at radius 3 is 2.39 bits per heavy atom. The van der Waals surface area contributed by atoms with E-state index >= 15 is 0 Å². The zero-order chi connectivity index (χ0) is 12.5. The Morgan fingerprint density at radius 2 is 1.89 bits per heavy atom. The van der Waals surface area contributed by atoms with Crippen LogP contribution in [0.1, 0.15) is 44.3 Å². The molecule has 0 radical (unpaired) electrons. The standard InChI is InChI=1S/C15H22N2O/c1-11(18)14-3-2-8-16-15(14)17(9-12-4-5-12)10-13-6-7-13/h2-3,8,11-13,18H,4-7,9-10H2,1H3/t11-/m1/s1. The lowest BCUT2D eigenvalue weighted by Gasteiger charge is -2.26. The van der Waals surface area contributed by atoms with Crippen molar-refractivity contribution in [2.45, 2.75) is 38.7 Å². The third-order valence-electron chi connectivity index (χ3n) is 3.92. The highest BCUT2D eigenvalue weighted by molar-refractivity contribution is 5.48. The predicted molar refractivity (Wildman–Crippen MR) is 72.5 cm³/mol. The molecule has 2 aliphatic rings. The normalized spacial score (nSPS) is 20.8. The van der Waals surface area contributed by atoms with Gasteiger partial charge in [-0.2, -0.15) is 0 Å². The number of nitrogens with zero attached hydrogens (tertiary/aromatic N) is 2. The maximum absolute atomic E-state index is 9.89. The number of rotatable bonds is 6.